The first kappa shape index (κ1) is 51.8. The lowest BCUT2D eigenvalue weighted by Gasteiger charge is -2.38. The van der Waals surface area contributed by atoms with Crippen LogP contribution in [0.2, 0.25) is 0 Å². The number of aliphatic carboxylic acids is 1. The second-order valence-electron chi connectivity index (χ2n) is 14.7. The highest BCUT2D eigenvalue weighted by Gasteiger charge is 2.48. The van der Waals surface area contributed by atoms with E-state index in [0.29, 0.717) is 18.4 Å². The van der Waals surface area contributed by atoms with Gasteiger partial charge in [-0.1, -0.05) is 6.07 Å². The average Bonchev–Trinajstić information content (AvgIpc) is 3.53. The van der Waals surface area contributed by atoms with E-state index in [1.54, 1.807) is 13.3 Å². The summed E-state index contributed by atoms with van der Waals surface area (Å²) < 4.78 is 16.3. The standard InChI is InChI=1S/C39H57N7O16S/c1-22(47)44(2)15-16-45(3)39(59)60-21-23-8-9-25(61-38-34(55)32(53)33(54)35(62-38)37(57)58)24(17-23)19-42-28(49)10-13-41-30(51)20-43-27(48)7-5-6-12-40-29(50)11-14-46-31(52)18-26(63-4)36(46)56/h8-9,17,26,32-35,38,53-55H,5-7,10-16,18-21H2,1-4H3,(H,40,50)(H,41,51)(H,42,49)(H,43,48)(H,57,58)/t26?,32-,33-,34+,35-,38+/m0/s1. The van der Waals surface area contributed by atoms with Crippen molar-refractivity contribution in [2.75, 3.05) is 59.6 Å². The predicted molar refractivity (Wildman–Crippen MR) is 220 cm³/mol. The van der Waals surface area contributed by atoms with Crippen LogP contribution < -0.4 is 26.0 Å². The molecule has 1 aromatic carbocycles. The Balaban J connectivity index is 1.44. The number of hydrogen-bond acceptors (Lipinski definition) is 16. The maximum Gasteiger partial charge on any atom is 0.409 e. The van der Waals surface area contributed by atoms with Crippen LogP contribution in [0.3, 0.4) is 0 Å². The van der Waals surface area contributed by atoms with Crippen molar-refractivity contribution < 1.29 is 77.8 Å². The third-order valence-electron chi connectivity index (χ3n) is 9.96. The molecule has 2 aliphatic heterocycles. The van der Waals surface area contributed by atoms with Crippen molar-refractivity contribution in [2.24, 2.45) is 0 Å². The number of carboxylic acids is 1. The van der Waals surface area contributed by atoms with Crippen molar-refractivity contribution >= 4 is 65.2 Å². The molecule has 2 heterocycles. The molecule has 8 N–H and O–H groups in total. The molecule has 350 valence electrons. The molecule has 2 saturated heterocycles. The van der Waals surface area contributed by atoms with Crippen LogP contribution in [0.15, 0.2) is 18.2 Å². The number of thioether (sulfide) groups is 1. The number of carbonyl (C=O) groups is 9. The fourth-order valence-electron chi connectivity index (χ4n) is 5.99. The van der Waals surface area contributed by atoms with Gasteiger partial charge < -0.3 is 65.7 Å². The van der Waals surface area contributed by atoms with Gasteiger partial charge in [0.05, 0.1) is 11.8 Å². The summed E-state index contributed by atoms with van der Waals surface area (Å²) in [5, 5.41) is 50.1. The lowest BCUT2D eigenvalue weighted by molar-refractivity contribution is -0.271. The molecule has 1 unspecified atom stereocenters. The van der Waals surface area contributed by atoms with E-state index >= 15 is 0 Å². The number of carboxylic acid groups (broad SMARTS) is 1. The zero-order chi connectivity index (χ0) is 46.8. The summed E-state index contributed by atoms with van der Waals surface area (Å²) in [6.07, 6.45) is -7.55. The summed E-state index contributed by atoms with van der Waals surface area (Å²) in [4.78, 5) is 113. The van der Waals surface area contributed by atoms with E-state index in [4.69, 9.17) is 14.2 Å². The molecular weight excluding hydrogens is 855 g/mol. The lowest BCUT2D eigenvalue weighted by atomic mass is 9.99. The van der Waals surface area contributed by atoms with Crippen LogP contribution in [0.5, 0.6) is 5.75 Å². The molecule has 0 saturated carbocycles. The summed E-state index contributed by atoms with van der Waals surface area (Å²) in [6.45, 7) is 1.22. The topological polar surface area (TPSA) is 320 Å². The minimum absolute atomic E-state index is 0.00835. The van der Waals surface area contributed by atoms with E-state index in [0.717, 1.165) is 4.90 Å². The number of aliphatic hydroxyl groups is 3. The third kappa shape index (κ3) is 16.6. The van der Waals surface area contributed by atoms with E-state index in [-0.39, 0.29) is 113 Å². The number of hydrogen-bond donors (Lipinski definition) is 8. The Morgan fingerprint density at radius 1 is 0.841 bits per heavy atom. The van der Waals surface area contributed by atoms with E-state index < -0.39 is 65.7 Å². The van der Waals surface area contributed by atoms with E-state index in [9.17, 15) is 63.6 Å². The molecule has 0 spiro atoms. The Morgan fingerprint density at radius 2 is 1.51 bits per heavy atom. The van der Waals surface area contributed by atoms with E-state index in [1.807, 2.05) is 0 Å². The fraction of sp³-hybridized carbons (Fsp3) is 0.615. The highest BCUT2D eigenvalue weighted by atomic mass is 32.2. The van der Waals surface area contributed by atoms with Gasteiger partial charge in [0, 0.05) is 91.5 Å². The van der Waals surface area contributed by atoms with Gasteiger partial charge in [0.25, 0.3) is 0 Å². The molecule has 63 heavy (non-hydrogen) atoms. The molecule has 1 aromatic rings. The zero-order valence-electron chi connectivity index (χ0n) is 35.5. The van der Waals surface area contributed by atoms with Gasteiger partial charge in [0.2, 0.25) is 47.6 Å². The Morgan fingerprint density at radius 3 is 2.17 bits per heavy atom. The molecule has 23 nitrogen and oxygen atoms in total. The van der Waals surface area contributed by atoms with Crippen LogP contribution in [-0.2, 0) is 61.0 Å². The highest BCUT2D eigenvalue weighted by molar-refractivity contribution is 8.00. The molecule has 0 aromatic heterocycles. The number of likely N-dealkylation sites (N-methyl/N-ethyl adjacent to an activating group) is 2. The molecule has 8 amide bonds. The average molecular weight is 912 g/mol. The Labute approximate surface area is 367 Å². The first-order valence-electron chi connectivity index (χ1n) is 20.1. The fourth-order valence-corrected chi connectivity index (χ4v) is 6.63. The number of unbranched alkanes of at least 4 members (excludes halogenated alkanes) is 1. The Kier molecular flexibility index (Phi) is 21.0. The number of ether oxygens (including phenoxy) is 3. The van der Waals surface area contributed by atoms with Gasteiger partial charge in [-0.15, -0.1) is 0 Å². The minimum atomic E-state index is -1.96. The van der Waals surface area contributed by atoms with Crippen LogP contribution in [0.1, 0.15) is 56.6 Å². The van der Waals surface area contributed by atoms with Crippen molar-refractivity contribution in [3.05, 3.63) is 29.3 Å². The number of benzene rings is 1. The van der Waals surface area contributed by atoms with Crippen LogP contribution in [0, 0.1) is 0 Å². The number of likely N-dealkylation sites (tertiary alicyclic amines) is 1. The molecule has 3 rings (SSSR count). The van der Waals surface area contributed by atoms with Crippen LogP contribution >= 0.6 is 11.8 Å². The van der Waals surface area contributed by atoms with Gasteiger partial charge in [-0.25, -0.2) is 9.59 Å². The van der Waals surface area contributed by atoms with Gasteiger partial charge in [0.15, 0.2) is 6.10 Å². The van der Waals surface area contributed by atoms with Crippen molar-refractivity contribution in [1.82, 2.24) is 36.0 Å². The molecule has 2 aliphatic rings. The van der Waals surface area contributed by atoms with Gasteiger partial charge >= 0.3 is 12.1 Å². The van der Waals surface area contributed by atoms with Gasteiger partial charge in [0.1, 0.15) is 30.7 Å². The molecular formula is C39H57N7O16S. The van der Waals surface area contributed by atoms with Crippen molar-refractivity contribution in [1.29, 1.82) is 0 Å². The summed E-state index contributed by atoms with van der Waals surface area (Å²) in [6, 6.07) is 4.35. The number of aliphatic hydroxyl groups excluding tert-OH is 3. The van der Waals surface area contributed by atoms with Gasteiger partial charge in [-0.2, -0.15) is 11.8 Å². The summed E-state index contributed by atoms with van der Waals surface area (Å²) in [7, 11) is 3.08. The van der Waals surface area contributed by atoms with Crippen molar-refractivity contribution in [3.8, 4) is 5.75 Å². The number of carbonyl (C=O) groups excluding carboxylic acids is 8. The van der Waals surface area contributed by atoms with Crippen LogP contribution in [0.4, 0.5) is 4.79 Å². The van der Waals surface area contributed by atoms with E-state index in [1.165, 1.54) is 53.7 Å². The Bertz CT molecular complexity index is 1820. The third-order valence-corrected chi connectivity index (χ3v) is 10.9. The number of rotatable bonds is 24. The maximum atomic E-state index is 12.8. The van der Waals surface area contributed by atoms with Gasteiger partial charge in [-0.05, 0) is 36.8 Å². The largest absolute Gasteiger partial charge is 0.479 e. The van der Waals surface area contributed by atoms with Crippen LogP contribution in [-0.4, -0.2) is 184 Å². The highest BCUT2D eigenvalue weighted by Crippen LogP contribution is 2.28. The lowest BCUT2D eigenvalue weighted by Crippen LogP contribution is -2.61. The summed E-state index contributed by atoms with van der Waals surface area (Å²) >= 11 is 1.29. The zero-order valence-corrected chi connectivity index (χ0v) is 36.3. The van der Waals surface area contributed by atoms with Crippen molar-refractivity contribution in [3.63, 3.8) is 0 Å². The SMILES string of the molecule is CSC1CC(=O)N(CCC(=O)NCCCCC(=O)NCC(=O)NCCC(=O)NCc2cc(COC(=O)N(C)CCN(C)C(C)=O)ccc2O[C@@H]2O[C@H](C(=O)O)[C@@H](O)[C@H](O)[C@H]2O)C1=O. The first-order chi connectivity index (χ1) is 29.8. The second-order valence-corrected chi connectivity index (χ2v) is 15.8. The Hall–Kier alpha value is -5.56. The minimum Gasteiger partial charge on any atom is -0.479 e. The van der Waals surface area contributed by atoms with Crippen LogP contribution in [0.25, 0.3) is 0 Å². The predicted octanol–water partition coefficient (Wildman–Crippen LogP) is -2.59. The quantitative estimate of drug-likeness (QED) is 0.0390. The molecule has 0 radical (unpaired) electrons. The smallest absolute Gasteiger partial charge is 0.409 e. The number of nitrogens with one attached hydrogen (secondary N) is 4. The monoisotopic (exact) mass is 911 g/mol. The molecule has 0 aliphatic carbocycles. The number of imide groups is 1. The molecule has 6 atom stereocenters. The molecule has 24 heteroatoms. The number of nitrogens with zero attached hydrogens (tertiary/aromatic N) is 3. The van der Waals surface area contributed by atoms with E-state index in [2.05, 4.69) is 21.3 Å². The second kappa shape index (κ2) is 25.5. The normalized spacial score (nSPS) is 20.7. The number of amides is 8. The molecule has 2 fully saturated rings. The van der Waals surface area contributed by atoms with Crippen molar-refractivity contribution in [2.45, 2.75) is 94.6 Å². The molecule has 0 bridgehead atoms. The van der Waals surface area contributed by atoms with Gasteiger partial charge in [-0.3, -0.25) is 38.5 Å². The summed E-state index contributed by atoms with van der Waals surface area (Å²) in [5.74, 6) is -4.25. The summed E-state index contributed by atoms with van der Waals surface area (Å²) in [5.41, 5.74) is 0.661. The maximum absolute atomic E-state index is 12.8. The first-order valence-corrected chi connectivity index (χ1v) is 21.4.